The Morgan fingerprint density at radius 3 is 2.85 bits per heavy atom. The molecule has 27 heavy (non-hydrogen) atoms. The molecule has 140 valence electrons. The number of benzene rings is 2. The fourth-order valence-corrected chi connectivity index (χ4v) is 2.71. The summed E-state index contributed by atoms with van der Waals surface area (Å²) in [6.07, 6.45) is 0. The number of non-ortho nitro benzene ring substituents is 1. The van der Waals surface area contributed by atoms with Crippen LogP contribution >= 0.6 is 0 Å². The molecular formula is C18H17N3O6. The maximum atomic E-state index is 12.5. The van der Waals surface area contributed by atoms with Crippen LogP contribution < -0.4 is 19.7 Å². The molecule has 0 atom stereocenters. The highest BCUT2D eigenvalue weighted by molar-refractivity contribution is 5.97. The lowest BCUT2D eigenvalue weighted by molar-refractivity contribution is -0.384. The molecule has 1 amide bonds. The lowest BCUT2D eigenvalue weighted by Crippen LogP contribution is -2.41. The molecule has 9 nitrogen and oxygen atoms in total. The Morgan fingerprint density at radius 1 is 1.33 bits per heavy atom. The van der Waals surface area contributed by atoms with Crippen LogP contribution in [0.3, 0.4) is 0 Å². The number of hydrogen-bond acceptors (Lipinski definition) is 7. The quantitative estimate of drug-likeness (QED) is 0.359. The third kappa shape index (κ3) is 4.14. The van der Waals surface area contributed by atoms with Crippen molar-refractivity contribution in [3.8, 4) is 11.5 Å². The Hall–Kier alpha value is -3.62. The highest BCUT2D eigenvalue weighted by Gasteiger charge is 2.27. The first-order chi connectivity index (χ1) is 13.0. The molecule has 0 saturated heterocycles. The lowest BCUT2D eigenvalue weighted by atomic mass is 10.2. The predicted molar refractivity (Wildman–Crippen MR) is 97.2 cm³/mol. The molecule has 0 bridgehead atoms. The summed E-state index contributed by atoms with van der Waals surface area (Å²) in [5.41, 5.74) is 0.764. The zero-order chi connectivity index (χ0) is 19.4. The molecule has 0 fully saturated rings. The van der Waals surface area contributed by atoms with Crippen LogP contribution in [0.4, 0.5) is 17.1 Å². The van der Waals surface area contributed by atoms with Gasteiger partial charge in [0.1, 0.15) is 12.3 Å². The van der Waals surface area contributed by atoms with Crippen molar-refractivity contribution in [3.05, 3.63) is 52.6 Å². The van der Waals surface area contributed by atoms with Crippen molar-refractivity contribution in [1.29, 1.82) is 0 Å². The van der Waals surface area contributed by atoms with E-state index in [-0.39, 0.29) is 30.4 Å². The van der Waals surface area contributed by atoms with Gasteiger partial charge in [0.25, 0.3) is 5.69 Å². The Balaban J connectivity index is 1.77. The number of para-hydroxylation sites is 2. The second kappa shape index (κ2) is 7.73. The highest BCUT2D eigenvalue weighted by atomic mass is 16.6. The van der Waals surface area contributed by atoms with Crippen LogP contribution in [0.25, 0.3) is 0 Å². The number of rotatable bonds is 6. The first-order valence-electron chi connectivity index (χ1n) is 8.23. The number of nitrogens with one attached hydrogen (secondary N) is 1. The van der Waals surface area contributed by atoms with Gasteiger partial charge in [-0.3, -0.25) is 14.9 Å². The number of carbonyl (C=O) groups is 2. The van der Waals surface area contributed by atoms with Crippen LogP contribution in [0.1, 0.15) is 6.92 Å². The number of nitro benzene ring substituents is 1. The summed E-state index contributed by atoms with van der Waals surface area (Å²) in [6.45, 7) is 2.04. The average Bonchev–Trinajstić information content (AvgIpc) is 2.62. The van der Waals surface area contributed by atoms with Gasteiger partial charge in [-0.25, -0.2) is 4.79 Å². The molecule has 0 aliphatic carbocycles. The average molecular weight is 371 g/mol. The molecule has 1 aliphatic rings. The van der Waals surface area contributed by atoms with E-state index in [1.165, 1.54) is 23.1 Å². The summed E-state index contributed by atoms with van der Waals surface area (Å²) in [5, 5.41) is 13.6. The van der Waals surface area contributed by atoms with Crippen LogP contribution in [0.5, 0.6) is 11.5 Å². The van der Waals surface area contributed by atoms with Crippen LogP contribution in [-0.2, 0) is 9.59 Å². The van der Waals surface area contributed by atoms with E-state index in [2.05, 4.69) is 5.32 Å². The minimum absolute atomic E-state index is 0.0583. The largest absolute Gasteiger partial charge is 0.492 e. The molecule has 0 saturated carbocycles. The molecule has 0 unspecified atom stereocenters. The molecule has 1 heterocycles. The smallest absolute Gasteiger partial charge is 0.331 e. The molecule has 2 aromatic rings. The van der Waals surface area contributed by atoms with Crippen molar-refractivity contribution in [2.45, 2.75) is 6.92 Å². The zero-order valence-corrected chi connectivity index (χ0v) is 14.5. The van der Waals surface area contributed by atoms with Crippen LogP contribution in [0.2, 0.25) is 0 Å². The number of amides is 1. The maximum Gasteiger partial charge on any atom is 0.331 e. The Morgan fingerprint density at radius 2 is 2.11 bits per heavy atom. The fraction of sp³-hybridized carbons (Fsp3) is 0.222. The van der Waals surface area contributed by atoms with E-state index < -0.39 is 10.9 Å². The van der Waals surface area contributed by atoms with E-state index in [1.54, 1.807) is 24.3 Å². The molecule has 9 heteroatoms. The fourth-order valence-electron chi connectivity index (χ4n) is 2.71. The number of nitrogens with zero attached hydrogens (tertiary/aromatic N) is 2. The lowest BCUT2D eigenvalue weighted by Gasteiger charge is -2.29. The highest BCUT2D eigenvalue weighted by Crippen LogP contribution is 2.35. The number of nitro groups is 1. The Bertz CT molecular complexity index is 898. The first kappa shape index (κ1) is 18.2. The van der Waals surface area contributed by atoms with Gasteiger partial charge in [0.2, 0.25) is 5.91 Å². The molecule has 0 spiro atoms. The number of hydrogen-bond donors (Lipinski definition) is 1. The number of esters is 1. The van der Waals surface area contributed by atoms with Gasteiger partial charge in [0, 0.05) is 6.07 Å². The Kier molecular flexibility index (Phi) is 5.20. The van der Waals surface area contributed by atoms with Crippen LogP contribution in [-0.4, -0.2) is 36.5 Å². The van der Waals surface area contributed by atoms with Crippen LogP contribution in [0.15, 0.2) is 42.5 Å². The third-order valence-corrected chi connectivity index (χ3v) is 3.83. The normalized spacial score (nSPS) is 12.8. The summed E-state index contributed by atoms with van der Waals surface area (Å²) in [7, 11) is 0. The molecule has 1 N–H and O–H groups in total. The Labute approximate surface area is 154 Å². The molecule has 2 aromatic carbocycles. The van der Waals surface area contributed by atoms with Gasteiger partial charge in [-0.05, 0) is 25.1 Å². The summed E-state index contributed by atoms with van der Waals surface area (Å²) in [6, 6.07) is 10.9. The number of ether oxygens (including phenoxy) is 2. The summed E-state index contributed by atoms with van der Waals surface area (Å²) in [4.78, 5) is 36.1. The van der Waals surface area contributed by atoms with Crippen molar-refractivity contribution in [1.82, 2.24) is 0 Å². The van der Waals surface area contributed by atoms with E-state index in [9.17, 15) is 19.7 Å². The molecule has 0 aromatic heterocycles. The van der Waals surface area contributed by atoms with Gasteiger partial charge in [0.05, 0.1) is 35.5 Å². The second-order valence-corrected chi connectivity index (χ2v) is 5.72. The van der Waals surface area contributed by atoms with Crippen molar-refractivity contribution in [2.24, 2.45) is 0 Å². The number of fused-ring (bicyclic) bond motifs is 1. The van der Waals surface area contributed by atoms with Crippen molar-refractivity contribution >= 4 is 28.9 Å². The van der Waals surface area contributed by atoms with E-state index in [0.29, 0.717) is 23.7 Å². The summed E-state index contributed by atoms with van der Waals surface area (Å²) < 4.78 is 10.5. The van der Waals surface area contributed by atoms with Gasteiger partial charge >= 0.3 is 5.97 Å². The third-order valence-electron chi connectivity index (χ3n) is 3.83. The van der Waals surface area contributed by atoms with Crippen LogP contribution in [0, 0.1) is 10.1 Å². The minimum atomic E-state index is -0.592. The van der Waals surface area contributed by atoms with Crippen molar-refractivity contribution in [3.63, 3.8) is 0 Å². The predicted octanol–water partition coefficient (Wildman–Crippen LogP) is 2.36. The molecule has 1 aliphatic heterocycles. The number of anilines is 2. The maximum absolute atomic E-state index is 12.5. The first-order valence-corrected chi connectivity index (χ1v) is 8.23. The monoisotopic (exact) mass is 371 g/mol. The van der Waals surface area contributed by atoms with Crippen molar-refractivity contribution < 1.29 is 24.0 Å². The zero-order valence-electron chi connectivity index (χ0n) is 14.5. The van der Waals surface area contributed by atoms with E-state index >= 15 is 0 Å². The van der Waals surface area contributed by atoms with Gasteiger partial charge in [-0.1, -0.05) is 12.1 Å². The van der Waals surface area contributed by atoms with E-state index in [4.69, 9.17) is 9.47 Å². The van der Waals surface area contributed by atoms with Gasteiger partial charge in [0.15, 0.2) is 5.75 Å². The van der Waals surface area contributed by atoms with Gasteiger partial charge in [-0.2, -0.15) is 0 Å². The van der Waals surface area contributed by atoms with Gasteiger partial charge in [-0.15, -0.1) is 0 Å². The summed E-state index contributed by atoms with van der Waals surface area (Å²) in [5.74, 6) is -0.350. The molecular weight excluding hydrogens is 354 g/mol. The standard InChI is InChI=1S/C18H17N3O6/c1-2-26-15-6-4-3-5-13(15)19-17(22)10-20-11-18(23)27-16-9-12(21(24)25)7-8-14(16)20/h3-9H,2,10-11H2,1H3,(H,19,22). The SMILES string of the molecule is CCOc1ccccc1NC(=O)CN1CC(=O)Oc2cc([N+](=O)[O-])ccc21. The minimum Gasteiger partial charge on any atom is -0.492 e. The molecule has 0 radical (unpaired) electrons. The molecule has 3 rings (SSSR count). The summed E-state index contributed by atoms with van der Waals surface area (Å²) >= 11 is 0. The van der Waals surface area contributed by atoms with Gasteiger partial charge < -0.3 is 19.7 Å². The van der Waals surface area contributed by atoms with E-state index in [1.807, 2.05) is 6.92 Å². The topological polar surface area (TPSA) is 111 Å². The van der Waals surface area contributed by atoms with E-state index in [0.717, 1.165) is 0 Å². The van der Waals surface area contributed by atoms with Crippen molar-refractivity contribution in [2.75, 3.05) is 29.9 Å². The number of carbonyl (C=O) groups excluding carboxylic acids is 2. The second-order valence-electron chi connectivity index (χ2n) is 5.72.